The monoisotopic (exact) mass is 166 g/mol. The van der Waals surface area contributed by atoms with Gasteiger partial charge in [0, 0.05) is 12.0 Å². The van der Waals surface area contributed by atoms with Crippen molar-refractivity contribution in [3.8, 4) is 0 Å². The average molecular weight is 166 g/mol. The summed E-state index contributed by atoms with van der Waals surface area (Å²) in [6, 6.07) is 9.20. The highest BCUT2D eigenvalue weighted by atomic mass is 14.8. The molecule has 1 unspecified atom stereocenters. The molecule has 1 aliphatic carbocycles. The highest BCUT2D eigenvalue weighted by molar-refractivity contribution is 6.07. The molecule has 0 aromatic heterocycles. The summed E-state index contributed by atoms with van der Waals surface area (Å²) in [6.07, 6.45) is 8.35. The van der Waals surface area contributed by atoms with Crippen molar-refractivity contribution in [1.29, 1.82) is 0 Å². The van der Waals surface area contributed by atoms with Crippen molar-refractivity contribution in [2.45, 2.75) is 5.92 Å². The van der Waals surface area contributed by atoms with Crippen LogP contribution in [0.3, 0.4) is 0 Å². The summed E-state index contributed by atoms with van der Waals surface area (Å²) in [5.74, 6) is 0.373. The molecule has 0 amide bonds. The molecule has 0 N–H and O–H groups in total. The molecule has 0 saturated carbocycles. The van der Waals surface area contributed by atoms with Gasteiger partial charge in [0.2, 0.25) is 0 Å². The summed E-state index contributed by atoms with van der Waals surface area (Å²) in [4.78, 5) is 4.50. The van der Waals surface area contributed by atoms with Gasteiger partial charge in [-0.25, -0.2) is 0 Å². The molecule has 1 nitrogen and oxygen atoms in total. The van der Waals surface area contributed by atoms with Gasteiger partial charge in [-0.2, -0.15) is 0 Å². The Hall–Kier alpha value is -1.63. The lowest BCUT2D eigenvalue weighted by Gasteiger charge is -2.08. The predicted molar refractivity (Wildman–Crippen MR) is 53.4 cm³/mol. The minimum Gasteiger partial charge on any atom is -0.252 e. The van der Waals surface area contributed by atoms with E-state index >= 15 is 0 Å². The number of hydrogen-bond donors (Lipinski definition) is 0. The topological polar surface area (TPSA) is 12.4 Å². The minimum atomic E-state index is 0.373. The second-order valence-electron chi connectivity index (χ2n) is 3.23. The van der Waals surface area contributed by atoms with Gasteiger partial charge in [0.1, 0.15) is 0 Å². The van der Waals surface area contributed by atoms with Crippen LogP contribution in [0.2, 0.25) is 0 Å². The van der Waals surface area contributed by atoms with Crippen molar-refractivity contribution < 1.29 is 0 Å². The van der Waals surface area contributed by atoms with E-state index in [4.69, 9.17) is 0 Å². The molecule has 1 radical (unpaired) electrons. The molecule has 3 rings (SSSR count). The van der Waals surface area contributed by atoms with E-state index in [1.807, 2.05) is 18.2 Å². The lowest BCUT2D eigenvalue weighted by Crippen LogP contribution is -2.04. The molecule has 2 aliphatic rings. The molecule has 0 bridgehead atoms. The summed E-state index contributed by atoms with van der Waals surface area (Å²) >= 11 is 0. The number of para-hydroxylation sites is 1. The summed E-state index contributed by atoms with van der Waals surface area (Å²) in [5.41, 5.74) is 3.41. The second kappa shape index (κ2) is 2.43. The normalized spacial score (nSPS) is 22.5. The van der Waals surface area contributed by atoms with E-state index in [-0.39, 0.29) is 0 Å². The molecule has 1 heterocycles. The predicted octanol–water partition coefficient (Wildman–Crippen LogP) is 2.78. The fourth-order valence-electron chi connectivity index (χ4n) is 1.82. The Kier molecular flexibility index (Phi) is 1.28. The molecule has 13 heavy (non-hydrogen) atoms. The second-order valence-corrected chi connectivity index (χ2v) is 3.23. The Balaban J connectivity index is 2.22. The molecule has 1 aliphatic heterocycles. The van der Waals surface area contributed by atoms with Crippen molar-refractivity contribution in [2.24, 2.45) is 4.99 Å². The number of aliphatic imine (C=N–C) groups is 1. The molecular formula is C12H8N. The van der Waals surface area contributed by atoms with E-state index in [0.29, 0.717) is 5.92 Å². The number of fused-ring (bicyclic) bond motifs is 3. The molecule has 1 aromatic carbocycles. The molecule has 1 aromatic rings. The van der Waals surface area contributed by atoms with Crippen LogP contribution in [-0.2, 0) is 0 Å². The third-order valence-electron chi connectivity index (χ3n) is 2.44. The first-order chi connectivity index (χ1) is 6.45. The van der Waals surface area contributed by atoms with E-state index < -0.39 is 0 Å². The van der Waals surface area contributed by atoms with Gasteiger partial charge in [-0.3, -0.25) is 4.99 Å². The van der Waals surface area contributed by atoms with Gasteiger partial charge in [0.05, 0.1) is 11.4 Å². The van der Waals surface area contributed by atoms with Gasteiger partial charge in [0.25, 0.3) is 0 Å². The number of benzene rings is 1. The van der Waals surface area contributed by atoms with Crippen LogP contribution in [0.15, 0.2) is 47.5 Å². The highest BCUT2D eigenvalue weighted by Gasteiger charge is 2.23. The first kappa shape index (κ1) is 6.84. The number of rotatable bonds is 0. The zero-order valence-electron chi connectivity index (χ0n) is 7.07. The van der Waals surface area contributed by atoms with Crippen LogP contribution in [0, 0.1) is 6.07 Å². The molecule has 0 saturated heterocycles. The molecule has 1 atom stereocenters. The summed E-state index contributed by atoms with van der Waals surface area (Å²) in [5, 5.41) is 0. The maximum absolute atomic E-state index is 4.50. The molecule has 0 fully saturated rings. The summed E-state index contributed by atoms with van der Waals surface area (Å²) in [6.45, 7) is 0. The van der Waals surface area contributed by atoms with Crippen LogP contribution in [0.1, 0.15) is 11.5 Å². The van der Waals surface area contributed by atoms with Crippen LogP contribution in [0.25, 0.3) is 0 Å². The van der Waals surface area contributed by atoms with E-state index in [1.54, 1.807) is 0 Å². The molecule has 61 valence electrons. The number of hydrogen-bond acceptors (Lipinski definition) is 1. The number of allylic oxidation sites excluding steroid dienone is 4. The first-order valence-corrected chi connectivity index (χ1v) is 4.39. The van der Waals surface area contributed by atoms with Crippen molar-refractivity contribution in [3.05, 3.63) is 54.1 Å². The van der Waals surface area contributed by atoms with Crippen LogP contribution in [0.5, 0.6) is 0 Å². The average Bonchev–Trinajstić information content (AvgIpc) is 2.56. The Morgan fingerprint density at radius 1 is 1.31 bits per heavy atom. The van der Waals surface area contributed by atoms with Gasteiger partial charge < -0.3 is 0 Å². The zero-order chi connectivity index (χ0) is 8.67. The van der Waals surface area contributed by atoms with Gasteiger partial charge in [-0.15, -0.1) is 0 Å². The lowest BCUT2D eigenvalue weighted by atomic mass is 9.93. The standard InChI is InChI=1S/C12H8N/c1-3-7-11-9(5-1)10-6-2-4-8-12(10)13-11/h1-7,9H. The highest BCUT2D eigenvalue weighted by Crippen LogP contribution is 2.37. The Morgan fingerprint density at radius 2 is 2.31 bits per heavy atom. The first-order valence-electron chi connectivity index (χ1n) is 4.39. The third kappa shape index (κ3) is 0.903. The molecule has 1 heteroatoms. The quantitative estimate of drug-likeness (QED) is 0.562. The van der Waals surface area contributed by atoms with Crippen LogP contribution < -0.4 is 0 Å². The van der Waals surface area contributed by atoms with Crippen molar-refractivity contribution >= 4 is 11.4 Å². The Bertz CT molecular complexity index is 438. The number of nitrogens with zero attached hydrogens (tertiary/aromatic N) is 1. The fourth-order valence-corrected chi connectivity index (χ4v) is 1.82. The molecule has 0 spiro atoms. The minimum absolute atomic E-state index is 0.373. The van der Waals surface area contributed by atoms with Gasteiger partial charge in [0.15, 0.2) is 0 Å². The van der Waals surface area contributed by atoms with Gasteiger partial charge >= 0.3 is 0 Å². The van der Waals surface area contributed by atoms with Crippen molar-refractivity contribution in [3.63, 3.8) is 0 Å². The van der Waals surface area contributed by atoms with E-state index in [2.05, 4.69) is 35.4 Å². The van der Waals surface area contributed by atoms with E-state index in [0.717, 1.165) is 11.4 Å². The van der Waals surface area contributed by atoms with Gasteiger partial charge in [-0.05, 0) is 11.6 Å². The van der Waals surface area contributed by atoms with E-state index in [1.165, 1.54) is 5.56 Å². The van der Waals surface area contributed by atoms with Crippen molar-refractivity contribution in [2.75, 3.05) is 0 Å². The Morgan fingerprint density at radius 3 is 3.31 bits per heavy atom. The van der Waals surface area contributed by atoms with Crippen LogP contribution >= 0.6 is 0 Å². The smallest absolute Gasteiger partial charge is 0.0754 e. The maximum Gasteiger partial charge on any atom is 0.0754 e. The maximum atomic E-state index is 4.50. The zero-order valence-corrected chi connectivity index (χ0v) is 7.07. The van der Waals surface area contributed by atoms with Crippen LogP contribution in [-0.4, -0.2) is 5.71 Å². The summed E-state index contributed by atoms with van der Waals surface area (Å²) < 4.78 is 0. The summed E-state index contributed by atoms with van der Waals surface area (Å²) in [7, 11) is 0. The largest absolute Gasteiger partial charge is 0.252 e. The van der Waals surface area contributed by atoms with E-state index in [9.17, 15) is 0 Å². The van der Waals surface area contributed by atoms with Crippen molar-refractivity contribution in [1.82, 2.24) is 0 Å². The third-order valence-corrected chi connectivity index (χ3v) is 2.44. The van der Waals surface area contributed by atoms with Gasteiger partial charge in [-0.1, -0.05) is 36.4 Å². The fraction of sp³-hybridized carbons (Fsp3) is 0.0833. The molecular weight excluding hydrogens is 158 g/mol. The SMILES string of the molecule is [c]1cccc2c1N=C1C=CC=CC12. The Labute approximate surface area is 77.1 Å². The lowest BCUT2D eigenvalue weighted by molar-refractivity contribution is 1.18. The van der Waals surface area contributed by atoms with Crippen LogP contribution in [0.4, 0.5) is 5.69 Å².